The molecule has 34 heavy (non-hydrogen) atoms. The van der Waals surface area contributed by atoms with E-state index in [1.807, 2.05) is 26.8 Å². The molecule has 9 heteroatoms. The zero-order valence-electron chi connectivity index (χ0n) is 20.1. The number of para-hydroxylation sites is 1. The van der Waals surface area contributed by atoms with Gasteiger partial charge in [-0.25, -0.2) is 14.4 Å². The van der Waals surface area contributed by atoms with Crippen molar-refractivity contribution in [2.75, 3.05) is 10.6 Å². The Hall–Kier alpha value is -3.26. The van der Waals surface area contributed by atoms with E-state index in [1.54, 1.807) is 32.9 Å². The molecular weight excluding hydrogens is 457 g/mol. The molecule has 0 saturated carbocycles. The third kappa shape index (κ3) is 5.80. The quantitative estimate of drug-likeness (QED) is 0.440. The van der Waals surface area contributed by atoms with Crippen molar-refractivity contribution >= 4 is 45.8 Å². The van der Waals surface area contributed by atoms with Gasteiger partial charge >= 0.3 is 0 Å². The maximum atomic E-state index is 15.3. The number of nitrogens with one attached hydrogen (secondary N) is 3. The second kappa shape index (κ2) is 9.54. The van der Waals surface area contributed by atoms with Crippen molar-refractivity contribution < 1.29 is 14.0 Å². The van der Waals surface area contributed by atoms with E-state index in [0.29, 0.717) is 22.4 Å². The minimum absolute atomic E-state index is 0.0363. The number of hydrogen-bond acceptors (Lipinski definition) is 5. The number of fused-ring (bicyclic) bond motifs is 1. The molecule has 0 aliphatic heterocycles. The summed E-state index contributed by atoms with van der Waals surface area (Å²) < 4.78 is 15.3. The van der Waals surface area contributed by atoms with Crippen LogP contribution >= 0.6 is 11.6 Å². The number of carbonyl (C=O) groups is 2. The minimum Gasteiger partial charge on any atom is -0.365 e. The summed E-state index contributed by atoms with van der Waals surface area (Å²) in [5.74, 6) is -1.12. The summed E-state index contributed by atoms with van der Waals surface area (Å²) in [6, 6.07) is 8.16. The SMILES string of the molecule is CC(C)(C)Nc1ncnc2c(NC(=O)c3c(Cl)ccc(CNC(=O)C(C)(C)C)c3F)cccc12. The molecule has 2 amide bonds. The molecule has 3 N–H and O–H groups in total. The van der Waals surface area contributed by atoms with Gasteiger partial charge in [0, 0.05) is 28.4 Å². The Kier molecular flexibility index (Phi) is 7.12. The Morgan fingerprint density at radius 2 is 1.74 bits per heavy atom. The van der Waals surface area contributed by atoms with E-state index in [-0.39, 0.29) is 34.1 Å². The van der Waals surface area contributed by atoms with Crippen LogP contribution in [0.25, 0.3) is 10.9 Å². The number of carbonyl (C=O) groups excluding carboxylic acids is 2. The van der Waals surface area contributed by atoms with Crippen LogP contribution in [-0.2, 0) is 11.3 Å². The van der Waals surface area contributed by atoms with Crippen molar-refractivity contribution in [2.24, 2.45) is 5.41 Å². The van der Waals surface area contributed by atoms with E-state index in [4.69, 9.17) is 11.6 Å². The zero-order chi connectivity index (χ0) is 25.3. The molecule has 180 valence electrons. The normalized spacial score (nSPS) is 11.9. The summed E-state index contributed by atoms with van der Waals surface area (Å²) in [4.78, 5) is 33.9. The van der Waals surface area contributed by atoms with Gasteiger partial charge in [-0.05, 0) is 39.0 Å². The van der Waals surface area contributed by atoms with Crippen molar-refractivity contribution in [1.82, 2.24) is 15.3 Å². The van der Waals surface area contributed by atoms with Gasteiger partial charge < -0.3 is 16.0 Å². The predicted molar refractivity (Wildman–Crippen MR) is 134 cm³/mol. The smallest absolute Gasteiger partial charge is 0.260 e. The fourth-order valence-corrected chi connectivity index (χ4v) is 3.44. The number of benzene rings is 2. The summed E-state index contributed by atoms with van der Waals surface area (Å²) >= 11 is 6.19. The van der Waals surface area contributed by atoms with Crippen molar-refractivity contribution in [3.8, 4) is 0 Å². The highest BCUT2D eigenvalue weighted by atomic mass is 35.5. The number of nitrogens with zero attached hydrogens (tertiary/aromatic N) is 2. The van der Waals surface area contributed by atoms with E-state index in [0.717, 1.165) is 0 Å². The average molecular weight is 486 g/mol. The molecule has 0 aliphatic carbocycles. The second-order valence-corrected chi connectivity index (χ2v) is 10.5. The van der Waals surface area contributed by atoms with Gasteiger partial charge in [0.05, 0.1) is 21.8 Å². The average Bonchev–Trinajstić information content (AvgIpc) is 2.72. The first-order valence-corrected chi connectivity index (χ1v) is 11.2. The summed E-state index contributed by atoms with van der Waals surface area (Å²) in [6.45, 7) is 11.2. The van der Waals surface area contributed by atoms with Crippen LogP contribution in [0.3, 0.4) is 0 Å². The largest absolute Gasteiger partial charge is 0.365 e. The molecule has 0 aliphatic rings. The monoisotopic (exact) mass is 485 g/mol. The topological polar surface area (TPSA) is 96.0 Å². The Labute approximate surface area is 203 Å². The highest BCUT2D eigenvalue weighted by Crippen LogP contribution is 2.29. The highest BCUT2D eigenvalue weighted by Gasteiger charge is 2.24. The standard InChI is InChI=1S/C25H29ClFN5O2/c1-24(2,3)23(34)28-12-14-10-11-16(26)18(19(14)27)22(33)31-17-9-7-8-15-20(17)29-13-30-21(15)32-25(4,5)6/h7-11,13H,12H2,1-6H3,(H,28,34)(H,31,33)(H,29,30,32). The van der Waals surface area contributed by atoms with Gasteiger partial charge in [0.2, 0.25) is 5.91 Å². The third-order valence-corrected chi connectivity index (χ3v) is 5.24. The van der Waals surface area contributed by atoms with Gasteiger partial charge in [0.25, 0.3) is 5.91 Å². The fraction of sp³-hybridized carbons (Fsp3) is 0.360. The van der Waals surface area contributed by atoms with Crippen molar-refractivity contribution in [3.63, 3.8) is 0 Å². The molecule has 0 atom stereocenters. The molecule has 3 aromatic rings. The lowest BCUT2D eigenvalue weighted by atomic mass is 9.95. The van der Waals surface area contributed by atoms with Crippen LogP contribution in [0.1, 0.15) is 57.5 Å². The second-order valence-electron chi connectivity index (χ2n) is 10.1. The molecule has 0 bridgehead atoms. The van der Waals surface area contributed by atoms with Crippen LogP contribution in [-0.4, -0.2) is 27.3 Å². The summed E-state index contributed by atoms with van der Waals surface area (Å²) in [5.41, 5.74) is -0.112. The Morgan fingerprint density at radius 1 is 1.03 bits per heavy atom. The maximum Gasteiger partial charge on any atom is 0.260 e. The van der Waals surface area contributed by atoms with Crippen LogP contribution in [0.15, 0.2) is 36.7 Å². The van der Waals surface area contributed by atoms with E-state index in [1.165, 1.54) is 18.5 Å². The summed E-state index contributed by atoms with van der Waals surface area (Å²) in [7, 11) is 0. The van der Waals surface area contributed by atoms with Crippen molar-refractivity contribution in [3.05, 3.63) is 58.6 Å². The van der Waals surface area contributed by atoms with E-state index < -0.39 is 17.1 Å². The van der Waals surface area contributed by atoms with E-state index in [9.17, 15) is 9.59 Å². The summed E-state index contributed by atoms with van der Waals surface area (Å²) in [5, 5.41) is 9.40. The number of hydrogen-bond donors (Lipinski definition) is 3. The zero-order valence-corrected chi connectivity index (χ0v) is 20.9. The first kappa shape index (κ1) is 25.4. The molecule has 1 aromatic heterocycles. The first-order chi connectivity index (χ1) is 15.8. The van der Waals surface area contributed by atoms with Gasteiger partial charge in [-0.15, -0.1) is 0 Å². The molecule has 7 nitrogen and oxygen atoms in total. The number of amides is 2. The van der Waals surface area contributed by atoms with Crippen LogP contribution in [0, 0.1) is 11.2 Å². The summed E-state index contributed by atoms with van der Waals surface area (Å²) in [6.07, 6.45) is 1.40. The van der Waals surface area contributed by atoms with Gasteiger partial charge in [-0.2, -0.15) is 0 Å². The van der Waals surface area contributed by atoms with Gasteiger partial charge in [-0.1, -0.05) is 44.5 Å². The van der Waals surface area contributed by atoms with Crippen molar-refractivity contribution in [2.45, 2.75) is 53.6 Å². The molecule has 1 heterocycles. The Morgan fingerprint density at radius 3 is 2.38 bits per heavy atom. The number of halogens is 2. The van der Waals surface area contributed by atoms with Crippen LogP contribution in [0.2, 0.25) is 5.02 Å². The number of anilines is 2. The molecular formula is C25H29ClFN5O2. The van der Waals surface area contributed by atoms with Crippen LogP contribution in [0.5, 0.6) is 0 Å². The lowest BCUT2D eigenvalue weighted by molar-refractivity contribution is -0.128. The van der Waals surface area contributed by atoms with Gasteiger partial charge in [0.1, 0.15) is 18.0 Å². The molecule has 0 radical (unpaired) electrons. The first-order valence-electron chi connectivity index (χ1n) is 10.9. The predicted octanol–water partition coefficient (Wildman–Crippen LogP) is 5.55. The number of aromatic nitrogens is 2. The van der Waals surface area contributed by atoms with E-state index in [2.05, 4.69) is 25.9 Å². The van der Waals surface area contributed by atoms with Crippen molar-refractivity contribution in [1.29, 1.82) is 0 Å². The Bertz CT molecular complexity index is 1250. The highest BCUT2D eigenvalue weighted by molar-refractivity contribution is 6.34. The lowest BCUT2D eigenvalue weighted by Crippen LogP contribution is -2.34. The molecule has 0 unspecified atom stereocenters. The maximum absolute atomic E-state index is 15.3. The molecule has 0 fully saturated rings. The van der Waals surface area contributed by atoms with Crippen LogP contribution in [0.4, 0.5) is 15.9 Å². The molecule has 0 saturated heterocycles. The lowest BCUT2D eigenvalue weighted by Gasteiger charge is -2.22. The van der Waals surface area contributed by atoms with Gasteiger partial charge in [-0.3, -0.25) is 9.59 Å². The molecule has 0 spiro atoms. The molecule has 2 aromatic carbocycles. The number of rotatable bonds is 5. The van der Waals surface area contributed by atoms with E-state index >= 15 is 4.39 Å². The minimum atomic E-state index is -0.788. The van der Waals surface area contributed by atoms with Crippen LogP contribution < -0.4 is 16.0 Å². The molecule has 3 rings (SSSR count). The Balaban J connectivity index is 1.91. The van der Waals surface area contributed by atoms with Gasteiger partial charge in [0.15, 0.2) is 0 Å². The fourth-order valence-electron chi connectivity index (χ4n) is 3.21. The third-order valence-electron chi connectivity index (χ3n) is 4.93.